The fourth-order valence-corrected chi connectivity index (χ4v) is 3.91. The van der Waals surface area contributed by atoms with E-state index in [4.69, 9.17) is 9.72 Å². The molecule has 0 bridgehead atoms. The van der Waals surface area contributed by atoms with Crippen LogP contribution in [0.25, 0.3) is 10.9 Å². The molecule has 8 heteroatoms. The maximum atomic E-state index is 12.1. The Morgan fingerprint density at radius 2 is 1.90 bits per heavy atom. The lowest BCUT2D eigenvalue weighted by Crippen LogP contribution is -2.34. The minimum absolute atomic E-state index is 0.0898. The Morgan fingerprint density at radius 1 is 1.16 bits per heavy atom. The van der Waals surface area contributed by atoms with Crippen molar-refractivity contribution in [2.45, 2.75) is 38.8 Å². The molecule has 4 rings (SSSR count). The monoisotopic (exact) mass is 483 g/mol. The molecule has 1 saturated heterocycles. The Hall–Kier alpha value is -2.71. The lowest BCUT2D eigenvalue weighted by Gasteiger charge is -2.24. The van der Waals surface area contributed by atoms with E-state index >= 15 is 0 Å². The molecule has 1 aromatic heterocycles. The number of aromatic nitrogens is 2. The van der Waals surface area contributed by atoms with Crippen LogP contribution in [0.2, 0.25) is 0 Å². The SMILES string of the molecule is CC(C)NC(=O)c1ccc(Nc2ncc3c(Br)ccc(OC4CCNCC4)c3n2)cc1. The van der Waals surface area contributed by atoms with Gasteiger partial charge in [0.15, 0.2) is 0 Å². The average molecular weight is 484 g/mol. The average Bonchev–Trinajstić information content (AvgIpc) is 2.76. The number of halogens is 1. The Morgan fingerprint density at radius 3 is 2.61 bits per heavy atom. The van der Waals surface area contributed by atoms with E-state index in [1.807, 2.05) is 38.1 Å². The highest BCUT2D eigenvalue weighted by atomic mass is 79.9. The summed E-state index contributed by atoms with van der Waals surface area (Å²) in [5.74, 6) is 1.14. The zero-order valence-corrected chi connectivity index (χ0v) is 19.2. The van der Waals surface area contributed by atoms with E-state index in [2.05, 4.69) is 36.9 Å². The van der Waals surface area contributed by atoms with Gasteiger partial charge in [-0.2, -0.15) is 0 Å². The van der Waals surface area contributed by atoms with Crippen molar-refractivity contribution < 1.29 is 9.53 Å². The maximum absolute atomic E-state index is 12.1. The molecule has 0 saturated carbocycles. The number of carbonyl (C=O) groups excluding carboxylic acids is 1. The van der Waals surface area contributed by atoms with Gasteiger partial charge in [-0.25, -0.2) is 9.97 Å². The van der Waals surface area contributed by atoms with E-state index in [1.165, 1.54) is 0 Å². The van der Waals surface area contributed by atoms with Gasteiger partial charge in [0.2, 0.25) is 5.95 Å². The predicted molar refractivity (Wildman–Crippen MR) is 126 cm³/mol. The van der Waals surface area contributed by atoms with Crippen LogP contribution in [0.3, 0.4) is 0 Å². The van der Waals surface area contributed by atoms with Crippen molar-refractivity contribution >= 4 is 44.4 Å². The lowest BCUT2D eigenvalue weighted by atomic mass is 10.1. The standard InChI is InChI=1S/C23H26BrN5O2/c1-14(2)27-22(30)15-3-5-16(6-4-15)28-23-26-13-18-19(24)7-8-20(21(18)29-23)31-17-9-11-25-12-10-17/h3-8,13-14,17,25H,9-12H2,1-2H3,(H,27,30)(H,26,28,29). The zero-order valence-electron chi connectivity index (χ0n) is 17.6. The minimum atomic E-state index is -0.0898. The van der Waals surface area contributed by atoms with Crippen molar-refractivity contribution in [3.8, 4) is 5.75 Å². The van der Waals surface area contributed by atoms with Crippen LogP contribution in [0, 0.1) is 0 Å². The third-order valence-electron chi connectivity index (χ3n) is 5.06. The van der Waals surface area contributed by atoms with Crippen molar-refractivity contribution in [1.29, 1.82) is 0 Å². The van der Waals surface area contributed by atoms with Crippen molar-refractivity contribution in [3.05, 3.63) is 52.6 Å². The van der Waals surface area contributed by atoms with E-state index in [0.29, 0.717) is 11.5 Å². The van der Waals surface area contributed by atoms with Gasteiger partial charge in [-0.05, 0) is 76.2 Å². The van der Waals surface area contributed by atoms with Gasteiger partial charge in [0.1, 0.15) is 17.4 Å². The van der Waals surface area contributed by atoms with Crippen molar-refractivity contribution in [3.63, 3.8) is 0 Å². The Bertz CT molecular complexity index is 1070. The van der Waals surface area contributed by atoms with Crippen LogP contribution in [0.15, 0.2) is 47.1 Å². The summed E-state index contributed by atoms with van der Waals surface area (Å²) in [6.45, 7) is 5.80. The second-order valence-corrected chi connectivity index (χ2v) is 8.75. The summed E-state index contributed by atoms with van der Waals surface area (Å²) in [5.41, 5.74) is 2.18. The molecule has 3 aromatic rings. The lowest BCUT2D eigenvalue weighted by molar-refractivity contribution is 0.0943. The molecule has 0 radical (unpaired) electrons. The summed E-state index contributed by atoms with van der Waals surface area (Å²) < 4.78 is 7.20. The number of ether oxygens (including phenoxy) is 1. The molecule has 2 heterocycles. The largest absolute Gasteiger partial charge is 0.488 e. The molecule has 162 valence electrons. The maximum Gasteiger partial charge on any atom is 0.251 e. The number of hydrogen-bond acceptors (Lipinski definition) is 6. The molecule has 1 fully saturated rings. The van der Waals surface area contributed by atoms with Crippen LogP contribution in [0.4, 0.5) is 11.6 Å². The first-order chi connectivity index (χ1) is 15.0. The topological polar surface area (TPSA) is 88.2 Å². The van der Waals surface area contributed by atoms with Gasteiger partial charge in [0.05, 0.1) is 0 Å². The molecular weight excluding hydrogens is 458 g/mol. The predicted octanol–water partition coefficient (Wildman–Crippen LogP) is 4.40. The van der Waals surface area contributed by atoms with Gasteiger partial charge in [-0.1, -0.05) is 15.9 Å². The van der Waals surface area contributed by atoms with Crippen LogP contribution < -0.4 is 20.7 Å². The molecule has 2 aromatic carbocycles. The van der Waals surface area contributed by atoms with E-state index in [0.717, 1.165) is 52.7 Å². The molecule has 1 aliphatic heterocycles. The number of nitrogens with one attached hydrogen (secondary N) is 3. The quantitative estimate of drug-likeness (QED) is 0.481. The summed E-state index contributed by atoms with van der Waals surface area (Å²) in [4.78, 5) is 21.3. The molecule has 0 aliphatic carbocycles. The van der Waals surface area contributed by atoms with Gasteiger partial charge >= 0.3 is 0 Å². The van der Waals surface area contributed by atoms with E-state index in [1.54, 1.807) is 18.3 Å². The number of anilines is 2. The van der Waals surface area contributed by atoms with Crippen molar-refractivity contribution in [2.75, 3.05) is 18.4 Å². The highest BCUT2D eigenvalue weighted by Crippen LogP contribution is 2.32. The second-order valence-electron chi connectivity index (χ2n) is 7.90. The number of benzene rings is 2. The minimum Gasteiger partial charge on any atom is -0.488 e. The third kappa shape index (κ3) is 5.32. The number of piperidine rings is 1. The number of nitrogens with zero attached hydrogens (tertiary/aromatic N) is 2. The molecule has 1 aliphatic rings. The summed E-state index contributed by atoms with van der Waals surface area (Å²) in [6.07, 6.45) is 3.92. The second kappa shape index (κ2) is 9.62. The van der Waals surface area contributed by atoms with Crippen molar-refractivity contribution in [2.24, 2.45) is 0 Å². The Balaban J connectivity index is 1.55. The number of carbonyl (C=O) groups is 1. The van der Waals surface area contributed by atoms with Crippen LogP contribution in [0.1, 0.15) is 37.0 Å². The Labute approximate surface area is 190 Å². The van der Waals surface area contributed by atoms with Gasteiger partial charge in [0.25, 0.3) is 5.91 Å². The molecule has 0 atom stereocenters. The summed E-state index contributed by atoms with van der Waals surface area (Å²) in [6, 6.07) is 11.3. The number of rotatable bonds is 6. The molecular formula is C23H26BrN5O2. The van der Waals surface area contributed by atoms with E-state index < -0.39 is 0 Å². The summed E-state index contributed by atoms with van der Waals surface area (Å²) >= 11 is 3.58. The van der Waals surface area contributed by atoms with Crippen molar-refractivity contribution in [1.82, 2.24) is 20.6 Å². The van der Waals surface area contributed by atoms with Crippen LogP contribution in [-0.2, 0) is 0 Å². The van der Waals surface area contributed by atoms with Gasteiger partial charge < -0.3 is 20.7 Å². The van der Waals surface area contributed by atoms with Crippen LogP contribution in [0.5, 0.6) is 5.75 Å². The summed E-state index contributed by atoms with van der Waals surface area (Å²) in [5, 5.41) is 10.4. The normalized spacial score (nSPS) is 14.6. The molecule has 0 spiro atoms. The molecule has 3 N–H and O–H groups in total. The number of fused-ring (bicyclic) bond motifs is 1. The van der Waals surface area contributed by atoms with Gasteiger partial charge in [0, 0.05) is 33.3 Å². The highest BCUT2D eigenvalue weighted by Gasteiger charge is 2.17. The fourth-order valence-electron chi connectivity index (χ4n) is 3.49. The number of amides is 1. The smallest absolute Gasteiger partial charge is 0.251 e. The van der Waals surface area contributed by atoms with E-state index in [-0.39, 0.29) is 18.1 Å². The van der Waals surface area contributed by atoms with Crippen LogP contribution >= 0.6 is 15.9 Å². The molecule has 0 unspecified atom stereocenters. The third-order valence-corrected chi connectivity index (χ3v) is 5.75. The highest BCUT2D eigenvalue weighted by molar-refractivity contribution is 9.10. The Kier molecular flexibility index (Phi) is 6.67. The van der Waals surface area contributed by atoms with Gasteiger partial charge in [-0.15, -0.1) is 0 Å². The van der Waals surface area contributed by atoms with Gasteiger partial charge in [-0.3, -0.25) is 4.79 Å². The fraction of sp³-hybridized carbons (Fsp3) is 0.348. The zero-order chi connectivity index (χ0) is 21.8. The molecule has 7 nitrogen and oxygen atoms in total. The first-order valence-corrected chi connectivity index (χ1v) is 11.3. The molecule has 1 amide bonds. The van der Waals surface area contributed by atoms with E-state index in [9.17, 15) is 4.79 Å². The van der Waals surface area contributed by atoms with Crippen LogP contribution in [-0.4, -0.2) is 41.1 Å². The first kappa shape index (κ1) is 21.5. The number of hydrogen-bond donors (Lipinski definition) is 3. The summed E-state index contributed by atoms with van der Waals surface area (Å²) in [7, 11) is 0. The first-order valence-electron chi connectivity index (χ1n) is 10.5. The molecule has 31 heavy (non-hydrogen) atoms.